The molecular formula is C13H19F2N3. The van der Waals surface area contributed by atoms with E-state index < -0.39 is 11.6 Å². The van der Waals surface area contributed by atoms with Crippen LogP contribution in [0.5, 0.6) is 0 Å². The summed E-state index contributed by atoms with van der Waals surface area (Å²) in [4.78, 5) is 5.80. The van der Waals surface area contributed by atoms with Gasteiger partial charge in [-0.25, -0.2) is 13.8 Å². The van der Waals surface area contributed by atoms with Gasteiger partial charge in [0.25, 0.3) is 0 Å². The zero-order chi connectivity index (χ0) is 13.3. The lowest BCUT2D eigenvalue weighted by Crippen LogP contribution is -2.23. The minimum Gasteiger partial charge on any atom is -0.368 e. The third-order valence-electron chi connectivity index (χ3n) is 3.40. The lowest BCUT2D eigenvalue weighted by atomic mass is 10.3. The highest BCUT2D eigenvalue weighted by molar-refractivity contribution is 5.49. The standard InChI is InChI=1S/C13H19F2N3/c1-4-16-12-10(14)6-11(15)13(17-12)18(3)7-9-5-8(9)2/h6,8-9H,4-5,7H2,1-3H3,(H,16,17). The number of anilines is 2. The van der Waals surface area contributed by atoms with Crippen molar-refractivity contribution in [2.45, 2.75) is 20.3 Å². The van der Waals surface area contributed by atoms with Crippen LogP contribution < -0.4 is 10.2 Å². The van der Waals surface area contributed by atoms with Crippen molar-refractivity contribution in [2.75, 3.05) is 30.4 Å². The Morgan fingerprint density at radius 1 is 1.44 bits per heavy atom. The summed E-state index contributed by atoms with van der Waals surface area (Å²) in [6, 6.07) is 0.896. The Balaban J connectivity index is 2.17. The molecule has 0 amide bonds. The molecule has 100 valence electrons. The van der Waals surface area contributed by atoms with Crippen LogP contribution in [0.3, 0.4) is 0 Å². The van der Waals surface area contributed by atoms with E-state index in [1.165, 1.54) is 6.42 Å². The second kappa shape index (κ2) is 5.08. The van der Waals surface area contributed by atoms with Gasteiger partial charge in [0, 0.05) is 26.2 Å². The van der Waals surface area contributed by atoms with Crippen molar-refractivity contribution in [2.24, 2.45) is 11.8 Å². The Kier molecular flexibility index (Phi) is 3.68. The van der Waals surface area contributed by atoms with Gasteiger partial charge in [0.05, 0.1) is 0 Å². The molecule has 2 unspecified atom stereocenters. The van der Waals surface area contributed by atoms with E-state index >= 15 is 0 Å². The second-order valence-electron chi connectivity index (χ2n) is 5.01. The molecule has 0 saturated heterocycles. The first-order valence-electron chi connectivity index (χ1n) is 6.34. The van der Waals surface area contributed by atoms with Crippen LogP contribution >= 0.6 is 0 Å². The summed E-state index contributed by atoms with van der Waals surface area (Å²) in [5, 5.41) is 2.80. The lowest BCUT2D eigenvalue weighted by Gasteiger charge is -2.19. The van der Waals surface area contributed by atoms with Gasteiger partial charge >= 0.3 is 0 Å². The van der Waals surface area contributed by atoms with E-state index in [9.17, 15) is 8.78 Å². The Labute approximate surface area is 106 Å². The van der Waals surface area contributed by atoms with Gasteiger partial charge in [0.2, 0.25) is 0 Å². The first-order chi connectivity index (χ1) is 8.52. The van der Waals surface area contributed by atoms with Crippen LogP contribution in [0.15, 0.2) is 6.07 Å². The molecule has 1 saturated carbocycles. The third kappa shape index (κ3) is 2.71. The summed E-state index contributed by atoms with van der Waals surface area (Å²) in [6.45, 7) is 5.34. The van der Waals surface area contributed by atoms with Crippen molar-refractivity contribution in [1.82, 2.24) is 4.98 Å². The van der Waals surface area contributed by atoms with E-state index in [-0.39, 0.29) is 11.6 Å². The zero-order valence-electron chi connectivity index (χ0n) is 11.0. The van der Waals surface area contributed by atoms with Crippen LogP contribution in [0.1, 0.15) is 20.3 Å². The molecule has 1 heterocycles. The van der Waals surface area contributed by atoms with Gasteiger partial charge in [-0.2, -0.15) is 0 Å². The third-order valence-corrected chi connectivity index (χ3v) is 3.40. The molecule has 1 aliphatic rings. The van der Waals surface area contributed by atoms with Crippen molar-refractivity contribution < 1.29 is 8.78 Å². The van der Waals surface area contributed by atoms with E-state index in [1.807, 2.05) is 6.92 Å². The number of hydrogen-bond donors (Lipinski definition) is 1. The van der Waals surface area contributed by atoms with E-state index in [0.717, 1.165) is 12.6 Å². The fourth-order valence-electron chi connectivity index (χ4n) is 2.11. The highest BCUT2D eigenvalue weighted by Gasteiger charge is 2.34. The number of hydrogen-bond acceptors (Lipinski definition) is 3. The smallest absolute Gasteiger partial charge is 0.168 e. The summed E-state index contributed by atoms with van der Waals surface area (Å²) in [6.07, 6.45) is 1.17. The molecule has 0 bridgehead atoms. The number of pyridine rings is 1. The van der Waals surface area contributed by atoms with Crippen LogP contribution in [0, 0.1) is 23.5 Å². The van der Waals surface area contributed by atoms with E-state index in [4.69, 9.17) is 0 Å². The number of aromatic nitrogens is 1. The molecule has 1 aromatic rings. The molecule has 2 atom stereocenters. The molecule has 5 heteroatoms. The maximum Gasteiger partial charge on any atom is 0.168 e. The minimum absolute atomic E-state index is 0.115. The Bertz CT molecular complexity index is 436. The Morgan fingerprint density at radius 2 is 2.11 bits per heavy atom. The molecule has 3 nitrogen and oxygen atoms in total. The second-order valence-corrected chi connectivity index (χ2v) is 5.01. The number of halogens is 2. The van der Waals surface area contributed by atoms with Gasteiger partial charge in [-0.1, -0.05) is 6.92 Å². The fourth-order valence-corrected chi connectivity index (χ4v) is 2.11. The molecule has 0 aromatic carbocycles. The monoisotopic (exact) mass is 255 g/mol. The van der Waals surface area contributed by atoms with Gasteiger partial charge in [0.1, 0.15) is 0 Å². The summed E-state index contributed by atoms with van der Waals surface area (Å²) in [5.74, 6) is 0.375. The fraction of sp³-hybridized carbons (Fsp3) is 0.615. The van der Waals surface area contributed by atoms with Crippen LogP contribution in [-0.2, 0) is 0 Å². The highest BCUT2D eigenvalue weighted by Crippen LogP contribution is 2.38. The SMILES string of the molecule is CCNc1nc(N(C)CC2CC2C)c(F)cc1F. The van der Waals surface area contributed by atoms with Crippen LogP contribution in [0.2, 0.25) is 0 Å². The topological polar surface area (TPSA) is 28.2 Å². The predicted molar refractivity (Wildman–Crippen MR) is 68.9 cm³/mol. The van der Waals surface area contributed by atoms with Crippen molar-refractivity contribution in [3.05, 3.63) is 17.7 Å². The van der Waals surface area contributed by atoms with E-state index in [1.54, 1.807) is 11.9 Å². The number of nitrogens with zero attached hydrogens (tertiary/aromatic N) is 2. The molecule has 0 spiro atoms. The molecular weight excluding hydrogens is 236 g/mol. The summed E-state index contributed by atoms with van der Waals surface area (Å²) in [7, 11) is 1.80. The molecule has 2 rings (SSSR count). The molecule has 1 aliphatic carbocycles. The van der Waals surface area contributed by atoms with Gasteiger partial charge in [0.15, 0.2) is 23.3 Å². The molecule has 1 fully saturated rings. The summed E-state index contributed by atoms with van der Waals surface area (Å²) < 4.78 is 27.2. The molecule has 1 aromatic heterocycles. The zero-order valence-corrected chi connectivity index (χ0v) is 11.0. The van der Waals surface area contributed by atoms with Crippen LogP contribution in [-0.4, -0.2) is 25.1 Å². The van der Waals surface area contributed by atoms with Crippen LogP contribution in [0.25, 0.3) is 0 Å². The normalized spacial score (nSPS) is 21.8. The molecule has 0 aliphatic heterocycles. The number of nitrogens with one attached hydrogen (secondary N) is 1. The quantitative estimate of drug-likeness (QED) is 0.877. The van der Waals surface area contributed by atoms with Crippen molar-refractivity contribution in [3.63, 3.8) is 0 Å². The van der Waals surface area contributed by atoms with Gasteiger partial charge in [-0.3, -0.25) is 0 Å². The average Bonchev–Trinajstić information content (AvgIpc) is 2.98. The van der Waals surface area contributed by atoms with Gasteiger partial charge < -0.3 is 10.2 Å². The lowest BCUT2D eigenvalue weighted by molar-refractivity contribution is 0.570. The Hall–Kier alpha value is -1.39. The van der Waals surface area contributed by atoms with Crippen LogP contribution in [0.4, 0.5) is 20.4 Å². The van der Waals surface area contributed by atoms with Crippen molar-refractivity contribution in [1.29, 1.82) is 0 Å². The maximum atomic E-state index is 13.7. The molecule has 18 heavy (non-hydrogen) atoms. The first kappa shape index (κ1) is 13.1. The average molecular weight is 255 g/mol. The molecule has 1 N–H and O–H groups in total. The first-order valence-corrected chi connectivity index (χ1v) is 6.34. The minimum atomic E-state index is -0.647. The highest BCUT2D eigenvalue weighted by atomic mass is 19.1. The van der Waals surface area contributed by atoms with Gasteiger partial charge in [-0.05, 0) is 25.2 Å². The molecule has 0 radical (unpaired) electrons. The van der Waals surface area contributed by atoms with E-state index in [0.29, 0.717) is 18.4 Å². The maximum absolute atomic E-state index is 13.7. The Morgan fingerprint density at radius 3 is 2.67 bits per heavy atom. The summed E-state index contributed by atoms with van der Waals surface area (Å²) >= 11 is 0. The van der Waals surface area contributed by atoms with Crippen molar-refractivity contribution in [3.8, 4) is 0 Å². The summed E-state index contributed by atoms with van der Waals surface area (Å²) in [5.41, 5.74) is 0. The van der Waals surface area contributed by atoms with E-state index in [2.05, 4.69) is 17.2 Å². The van der Waals surface area contributed by atoms with Crippen molar-refractivity contribution >= 4 is 11.6 Å². The number of rotatable bonds is 5. The van der Waals surface area contributed by atoms with Gasteiger partial charge in [-0.15, -0.1) is 0 Å². The largest absolute Gasteiger partial charge is 0.368 e. The predicted octanol–water partition coefficient (Wildman–Crippen LogP) is 2.88.